The van der Waals surface area contributed by atoms with Crippen molar-refractivity contribution in [2.24, 2.45) is 0 Å². The van der Waals surface area contributed by atoms with E-state index in [0.717, 1.165) is 4.90 Å². The molecule has 0 aliphatic carbocycles. The number of carbonyl (C=O) groups excluding carboxylic acids is 2. The second-order valence-electron chi connectivity index (χ2n) is 6.03. The molecule has 0 spiro atoms. The van der Waals surface area contributed by atoms with Crippen molar-refractivity contribution >= 4 is 46.6 Å². The van der Waals surface area contributed by atoms with Gasteiger partial charge in [-0.05, 0) is 60.9 Å². The van der Waals surface area contributed by atoms with E-state index in [-0.39, 0.29) is 11.8 Å². The molecule has 5 nitrogen and oxygen atoms in total. The minimum atomic E-state index is -0.308. The summed E-state index contributed by atoms with van der Waals surface area (Å²) in [5, 5.41) is 6.00. The largest absolute Gasteiger partial charge is 0.495 e. The maximum absolute atomic E-state index is 12.5. The van der Waals surface area contributed by atoms with Gasteiger partial charge in [0.2, 0.25) is 0 Å². The van der Waals surface area contributed by atoms with Crippen molar-refractivity contribution in [2.75, 3.05) is 24.0 Å². The van der Waals surface area contributed by atoms with Gasteiger partial charge in [-0.3, -0.25) is 9.59 Å². The lowest BCUT2D eigenvalue weighted by molar-refractivity contribution is 0.101. The van der Waals surface area contributed by atoms with Crippen molar-refractivity contribution in [1.82, 2.24) is 0 Å². The number of para-hydroxylation sites is 2. The van der Waals surface area contributed by atoms with Crippen LogP contribution in [0, 0.1) is 0 Å². The lowest BCUT2D eigenvalue weighted by atomic mass is 10.1. The molecule has 0 bridgehead atoms. The molecule has 2 N–H and O–H groups in total. The monoisotopic (exact) mass is 426 g/mol. The number of carbonyl (C=O) groups is 2. The molecule has 0 fully saturated rings. The molecule has 2 amide bonds. The maximum Gasteiger partial charge on any atom is 0.257 e. The summed E-state index contributed by atoms with van der Waals surface area (Å²) < 4.78 is 5.24. The summed E-state index contributed by atoms with van der Waals surface area (Å²) in [6, 6.07) is 19.1. The fourth-order valence-electron chi connectivity index (χ4n) is 2.65. The predicted octanol–water partition coefficient (Wildman–Crippen LogP) is 5.58. The highest BCUT2D eigenvalue weighted by molar-refractivity contribution is 7.98. The van der Waals surface area contributed by atoms with E-state index in [1.54, 1.807) is 55.6 Å². The topological polar surface area (TPSA) is 67.4 Å². The number of rotatable bonds is 6. The average Bonchev–Trinajstić information content (AvgIpc) is 2.75. The number of hydrogen-bond acceptors (Lipinski definition) is 4. The van der Waals surface area contributed by atoms with E-state index >= 15 is 0 Å². The van der Waals surface area contributed by atoms with E-state index in [1.807, 2.05) is 24.5 Å². The van der Waals surface area contributed by atoms with E-state index in [1.165, 1.54) is 11.8 Å². The van der Waals surface area contributed by atoms with Crippen LogP contribution in [0.2, 0.25) is 5.02 Å². The number of amides is 2. The van der Waals surface area contributed by atoms with Crippen LogP contribution in [0.25, 0.3) is 0 Å². The first-order valence-electron chi connectivity index (χ1n) is 8.71. The first-order valence-corrected chi connectivity index (χ1v) is 10.3. The van der Waals surface area contributed by atoms with E-state index < -0.39 is 0 Å². The normalized spacial score (nSPS) is 10.3. The van der Waals surface area contributed by atoms with Gasteiger partial charge in [0.1, 0.15) is 5.75 Å². The number of halogens is 1. The fourth-order valence-corrected chi connectivity index (χ4v) is 3.29. The standard InChI is InChI=1S/C22H19ClN2O3S/c1-28-20-6-4-3-5-19(20)25-21(26)14-7-9-15(10-8-14)24-22(27)17-13-16(29-2)11-12-18(17)23/h3-13H,1-2H3,(H,24,27)(H,25,26). The van der Waals surface area contributed by atoms with Crippen LogP contribution in [-0.2, 0) is 0 Å². The third-order valence-electron chi connectivity index (χ3n) is 4.18. The van der Waals surface area contributed by atoms with Gasteiger partial charge in [0.05, 0.1) is 23.4 Å². The van der Waals surface area contributed by atoms with Crippen LogP contribution in [0.3, 0.4) is 0 Å². The van der Waals surface area contributed by atoms with Crippen LogP contribution in [0.1, 0.15) is 20.7 Å². The Morgan fingerprint density at radius 1 is 0.931 bits per heavy atom. The summed E-state index contributed by atoms with van der Waals surface area (Å²) in [6.07, 6.45) is 1.93. The number of methoxy groups -OCH3 is 1. The Bertz CT molecular complexity index is 1040. The molecule has 0 aromatic heterocycles. The van der Waals surface area contributed by atoms with Gasteiger partial charge in [-0.25, -0.2) is 0 Å². The van der Waals surface area contributed by atoms with Crippen LogP contribution in [0.5, 0.6) is 5.75 Å². The summed E-state index contributed by atoms with van der Waals surface area (Å²) in [5.41, 5.74) is 2.00. The number of ether oxygens (including phenoxy) is 1. The van der Waals surface area contributed by atoms with Gasteiger partial charge in [-0.15, -0.1) is 11.8 Å². The quantitative estimate of drug-likeness (QED) is 0.505. The Morgan fingerprint density at radius 3 is 2.34 bits per heavy atom. The third-order valence-corrected chi connectivity index (χ3v) is 5.23. The van der Waals surface area contributed by atoms with Gasteiger partial charge < -0.3 is 15.4 Å². The summed E-state index contributed by atoms with van der Waals surface area (Å²) in [7, 11) is 1.55. The second kappa shape index (κ2) is 9.49. The summed E-state index contributed by atoms with van der Waals surface area (Å²) in [4.78, 5) is 26.0. The fraction of sp³-hybridized carbons (Fsp3) is 0.0909. The molecule has 3 aromatic rings. The van der Waals surface area contributed by atoms with Gasteiger partial charge in [0.15, 0.2) is 0 Å². The lowest BCUT2D eigenvalue weighted by Crippen LogP contribution is -2.14. The highest BCUT2D eigenvalue weighted by Gasteiger charge is 2.13. The zero-order valence-electron chi connectivity index (χ0n) is 15.9. The Balaban J connectivity index is 1.70. The van der Waals surface area contributed by atoms with E-state index in [4.69, 9.17) is 16.3 Å². The highest BCUT2D eigenvalue weighted by atomic mass is 35.5. The molecule has 0 radical (unpaired) electrons. The van der Waals surface area contributed by atoms with E-state index in [9.17, 15) is 9.59 Å². The second-order valence-corrected chi connectivity index (χ2v) is 7.32. The first-order chi connectivity index (χ1) is 14.0. The van der Waals surface area contributed by atoms with Crippen molar-refractivity contribution in [1.29, 1.82) is 0 Å². The zero-order valence-corrected chi connectivity index (χ0v) is 17.4. The Labute approximate surface area is 178 Å². The summed E-state index contributed by atoms with van der Waals surface area (Å²) >= 11 is 7.68. The predicted molar refractivity (Wildman–Crippen MR) is 119 cm³/mol. The summed E-state index contributed by atoms with van der Waals surface area (Å²) in [5.74, 6) is -0.00528. The minimum absolute atomic E-state index is 0.275. The highest BCUT2D eigenvalue weighted by Crippen LogP contribution is 2.25. The van der Waals surface area contributed by atoms with Gasteiger partial charge in [-0.2, -0.15) is 0 Å². The van der Waals surface area contributed by atoms with Crippen molar-refractivity contribution in [3.8, 4) is 5.75 Å². The Morgan fingerprint density at radius 2 is 1.66 bits per heavy atom. The molecule has 0 unspecified atom stereocenters. The van der Waals surface area contributed by atoms with Crippen LogP contribution in [0.4, 0.5) is 11.4 Å². The molecule has 3 aromatic carbocycles. The van der Waals surface area contributed by atoms with Gasteiger partial charge in [0, 0.05) is 16.1 Å². The zero-order chi connectivity index (χ0) is 20.8. The molecule has 0 aliphatic rings. The average molecular weight is 427 g/mol. The number of nitrogens with one attached hydrogen (secondary N) is 2. The molecule has 0 saturated carbocycles. The smallest absolute Gasteiger partial charge is 0.257 e. The van der Waals surface area contributed by atoms with Crippen LogP contribution in [0.15, 0.2) is 71.6 Å². The number of hydrogen-bond donors (Lipinski definition) is 2. The Hall–Kier alpha value is -2.96. The minimum Gasteiger partial charge on any atom is -0.495 e. The van der Waals surface area contributed by atoms with Crippen LogP contribution < -0.4 is 15.4 Å². The lowest BCUT2D eigenvalue weighted by Gasteiger charge is -2.11. The molecular formula is C22H19ClN2O3S. The molecule has 29 heavy (non-hydrogen) atoms. The molecule has 3 rings (SSSR count). The third kappa shape index (κ3) is 5.10. The van der Waals surface area contributed by atoms with E-state index in [0.29, 0.717) is 33.3 Å². The molecule has 7 heteroatoms. The van der Waals surface area contributed by atoms with Crippen molar-refractivity contribution in [2.45, 2.75) is 4.90 Å². The number of benzene rings is 3. The van der Waals surface area contributed by atoms with Gasteiger partial charge in [0.25, 0.3) is 11.8 Å². The van der Waals surface area contributed by atoms with Crippen LogP contribution in [-0.4, -0.2) is 25.2 Å². The van der Waals surface area contributed by atoms with Gasteiger partial charge >= 0.3 is 0 Å². The molecule has 0 atom stereocenters. The van der Waals surface area contributed by atoms with Gasteiger partial charge in [-0.1, -0.05) is 23.7 Å². The van der Waals surface area contributed by atoms with Crippen molar-refractivity contribution in [3.05, 3.63) is 82.9 Å². The van der Waals surface area contributed by atoms with Crippen LogP contribution >= 0.6 is 23.4 Å². The summed E-state index contributed by atoms with van der Waals surface area (Å²) in [6.45, 7) is 0. The number of anilines is 2. The van der Waals surface area contributed by atoms with E-state index in [2.05, 4.69) is 10.6 Å². The maximum atomic E-state index is 12.5. The number of thioether (sulfide) groups is 1. The molecule has 0 saturated heterocycles. The van der Waals surface area contributed by atoms with Crippen molar-refractivity contribution < 1.29 is 14.3 Å². The molecule has 148 valence electrons. The molecule has 0 aliphatic heterocycles. The first kappa shape index (κ1) is 20.8. The molecular weight excluding hydrogens is 408 g/mol. The SMILES string of the molecule is COc1ccccc1NC(=O)c1ccc(NC(=O)c2cc(SC)ccc2Cl)cc1. The Kier molecular flexibility index (Phi) is 6.80. The van der Waals surface area contributed by atoms with Crippen molar-refractivity contribution in [3.63, 3.8) is 0 Å². The molecule has 0 heterocycles.